The first-order valence-corrected chi connectivity index (χ1v) is 9.61. The summed E-state index contributed by atoms with van der Waals surface area (Å²) in [5, 5.41) is 0. The van der Waals surface area contributed by atoms with E-state index in [-0.39, 0.29) is 4.90 Å². The molecule has 0 radical (unpaired) electrons. The molecular formula is C19H15BrO3S. The van der Waals surface area contributed by atoms with Gasteiger partial charge in [0.05, 0.1) is 9.79 Å². The van der Waals surface area contributed by atoms with Crippen LogP contribution in [0, 0.1) is 0 Å². The summed E-state index contributed by atoms with van der Waals surface area (Å²) in [6, 6.07) is 22.8. The van der Waals surface area contributed by atoms with E-state index >= 15 is 0 Å². The highest BCUT2D eigenvalue weighted by Crippen LogP contribution is 2.22. The Kier molecular flexibility index (Phi) is 5.02. The molecule has 0 heterocycles. The average Bonchev–Trinajstić information content (AvgIpc) is 2.62. The van der Waals surface area contributed by atoms with E-state index in [4.69, 9.17) is 4.74 Å². The lowest BCUT2D eigenvalue weighted by Crippen LogP contribution is -2.02. The van der Waals surface area contributed by atoms with Gasteiger partial charge >= 0.3 is 0 Å². The largest absolute Gasteiger partial charge is 0.489 e. The lowest BCUT2D eigenvalue weighted by Gasteiger charge is -2.08. The van der Waals surface area contributed by atoms with Crippen LogP contribution < -0.4 is 4.74 Å². The molecule has 3 aromatic rings. The first-order chi connectivity index (χ1) is 11.6. The highest BCUT2D eigenvalue weighted by atomic mass is 79.9. The van der Waals surface area contributed by atoms with Crippen LogP contribution in [0.15, 0.2) is 93.1 Å². The Morgan fingerprint density at radius 3 is 1.96 bits per heavy atom. The van der Waals surface area contributed by atoms with Gasteiger partial charge in [-0.1, -0.05) is 46.3 Å². The minimum atomic E-state index is -3.47. The zero-order chi connectivity index (χ0) is 17.0. The average molecular weight is 403 g/mol. The first kappa shape index (κ1) is 16.7. The van der Waals surface area contributed by atoms with Crippen molar-refractivity contribution >= 4 is 25.8 Å². The normalized spacial score (nSPS) is 11.2. The molecule has 0 bridgehead atoms. The standard InChI is InChI=1S/C19H15BrO3S/c20-16-8-10-17(11-9-16)23-14-15-6-12-19(13-7-15)24(21,22)18-4-2-1-3-5-18/h1-13H,14H2. The van der Waals surface area contributed by atoms with Gasteiger partial charge in [0.15, 0.2) is 0 Å². The second-order valence-corrected chi connectivity index (χ2v) is 8.07. The molecule has 0 aliphatic heterocycles. The molecule has 0 atom stereocenters. The van der Waals surface area contributed by atoms with Crippen molar-refractivity contribution in [3.8, 4) is 5.75 Å². The van der Waals surface area contributed by atoms with Crippen LogP contribution in [-0.4, -0.2) is 8.42 Å². The Hall–Kier alpha value is -2.11. The molecule has 0 N–H and O–H groups in total. The van der Waals surface area contributed by atoms with Crippen LogP contribution in [-0.2, 0) is 16.4 Å². The predicted molar refractivity (Wildman–Crippen MR) is 96.8 cm³/mol. The summed E-state index contributed by atoms with van der Waals surface area (Å²) in [4.78, 5) is 0.574. The van der Waals surface area contributed by atoms with E-state index in [0.29, 0.717) is 11.5 Å². The third-order valence-electron chi connectivity index (χ3n) is 3.51. The van der Waals surface area contributed by atoms with E-state index in [1.165, 1.54) is 0 Å². The van der Waals surface area contributed by atoms with Crippen molar-refractivity contribution in [3.05, 3.63) is 88.9 Å². The SMILES string of the molecule is O=S(=O)(c1ccccc1)c1ccc(COc2ccc(Br)cc2)cc1. The summed E-state index contributed by atoms with van der Waals surface area (Å²) < 4.78 is 31.7. The molecule has 0 unspecified atom stereocenters. The number of sulfone groups is 1. The quantitative estimate of drug-likeness (QED) is 0.611. The Morgan fingerprint density at radius 1 is 0.750 bits per heavy atom. The summed E-state index contributed by atoms with van der Waals surface area (Å²) in [7, 11) is -3.47. The maximum atomic E-state index is 12.5. The smallest absolute Gasteiger partial charge is 0.206 e. The molecule has 0 aliphatic carbocycles. The van der Waals surface area contributed by atoms with Crippen molar-refractivity contribution in [1.82, 2.24) is 0 Å². The minimum absolute atomic E-state index is 0.279. The van der Waals surface area contributed by atoms with Crippen molar-refractivity contribution in [2.45, 2.75) is 16.4 Å². The first-order valence-electron chi connectivity index (χ1n) is 7.33. The van der Waals surface area contributed by atoms with Gasteiger partial charge in [-0.3, -0.25) is 0 Å². The summed E-state index contributed by atoms with van der Waals surface area (Å²) in [6.45, 7) is 0.382. The molecular weight excluding hydrogens is 388 g/mol. The highest BCUT2D eigenvalue weighted by Gasteiger charge is 2.16. The van der Waals surface area contributed by atoms with Crippen molar-refractivity contribution in [2.24, 2.45) is 0 Å². The van der Waals surface area contributed by atoms with E-state index in [9.17, 15) is 8.42 Å². The van der Waals surface area contributed by atoms with Gasteiger partial charge in [0, 0.05) is 4.47 Å². The van der Waals surface area contributed by atoms with Crippen LogP contribution >= 0.6 is 15.9 Å². The predicted octanol–water partition coefficient (Wildman–Crippen LogP) is 4.86. The fourth-order valence-corrected chi connectivity index (χ4v) is 3.74. The van der Waals surface area contributed by atoms with E-state index < -0.39 is 9.84 Å². The van der Waals surface area contributed by atoms with Crippen LogP contribution in [0.25, 0.3) is 0 Å². The molecule has 122 valence electrons. The van der Waals surface area contributed by atoms with Gasteiger partial charge in [0.25, 0.3) is 0 Å². The van der Waals surface area contributed by atoms with E-state index in [2.05, 4.69) is 15.9 Å². The summed E-state index contributed by atoms with van der Waals surface area (Å²) in [6.07, 6.45) is 0. The second-order valence-electron chi connectivity index (χ2n) is 5.20. The zero-order valence-corrected chi connectivity index (χ0v) is 15.1. The van der Waals surface area contributed by atoms with Crippen LogP contribution in [0.1, 0.15) is 5.56 Å². The van der Waals surface area contributed by atoms with Crippen LogP contribution in [0.5, 0.6) is 5.75 Å². The molecule has 24 heavy (non-hydrogen) atoms. The lowest BCUT2D eigenvalue weighted by molar-refractivity contribution is 0.306. The Morgan fingerprint density at radius 2 is 1.33 bits per heavy atom. The molecule has 0 saturated carbocycles. The summed E-state index contributed by atoms with van der Waals surface area (Å²) in [5.74, 6) is 0.763. The fourth-order valence-electron chi connectivity index (χ4n) is 2.20. The van der Waals surface area contributed by atoms with Crippen molar-refractivity contribution in [3.63, 3.8) is 0 Å². The van der Waals surface area contributed by atoms with Gasteiger partial charge < -0.3 is 4.74 Å². The molecule has 3 rings (SSSR count). The van der Waals surface area contributed by atoms with E-state index in [1.54, 1.807) is 54.6 Å². The second kappa shape index (κ2) is 7.20. The Labute approximate surface area is 150 Å². The number of rotatable bonds is 5. The van der Waals surface area contributed by atoms with Crippen molar-refractivity contribution in [2.75, 3.05) is 0 Å². The van der Waals surface area contributed by atoms with Crippen LogP contribution in [0.3, 0.4) is 0 Å². The maximum absolute atomic E-state index is 12.5. The molecule has 5 heteroatoms. The van der Waals surface area contributed by atoms with Gasteiger partial charge in [0.1, 0.15) is 12.4 Å². The number of ether oxygens (including phenoxy) is 1. The van der Waals surface area contributed by atoms with E-state index in [1.807, 2.05) is 24.3 Å². The lowest BCUT2D eigenvalue weighted by atomic mass is 10.2. The molecule has 0 aromatic heterocycles. The van der Waals surface area contributed by atoms with Gasteiger partial charge in [-0.2, -0.15) is 0 Å². The zero-order valence-electron chi connectivity index (χ0n) is 12.7. The fraction of sp³-hybridized carbons (Fsp3) is 0.0526. The van der Waals surface area contributed by atoms with Crippen LogP contribution in [0.4, 0.5) is 0 Å². The number of benzene rings is 3. The molecule has 0 fully saturated rings. The van der Waals surface area contributed by atoms with E-state index in [0.717, 1.165) is 15.8 Å². The highest BCUT2D eigenvalue weighted by molar-refractivity contribution is 9.10. The van der Waals surface area contributed by atoms with Gasteiger partial charge in [0.2, 0.25) is 9.84 Å². The third kappa shape index (κ3) is 3.86. The molecule has 3 nitrogen and oxygen atoms in total. The summed E-state index contributed by atoms with van der Waals surface area (Å²) >= 11 is 3.37. The van der Waals surface area contributed by atoms with Crippen LogP contribution in [0.2, 0.25) is 0 Å². The van der Waals surface area contributed by atoms with Crippen molar-refractivity contribution < 1.29 is 13.2 Å². The minimum Gasteiger partial charge on any atom is -0.489 e. The molecule has 0 saturated heterocycles. The van der Waals surface area contributed by atoms with Crippen molar-refractivity contribution in [1.29, 1.82) is 0 Å². The molecule has 3 aromatic carbocycles. The van der Waals surface area contributed by atoms with Gasteiger partial charge in [-0.25, -0.2) is 8.42 Å². The summed E-state index contributed by atoms with van der Waals surface area (Å²) in [5.41, 5.74) is 0.907. The number of hydrogen-bond donors (Lipinski definition) is 0. The Bertz CT molecular complexity index is 903. The molecule has 0 spiro atoms. The topological polar surface area (TPSA) is 43.4 Å². The van der Waals surface area contributed by atoms with Gasteiger partial charge in [-0.15, -0.1) is 0 Å². The Balaban J connectivity index is 1.72. The maximum Gasteiger partial charge on any atom is 0.206 e. The number of halogens is 1. The van der Waals surface area contributed by atoms with Gasteiger partial charge in [-0.05, 0) is 54.1 Å². The number of hydrogen-bond acceptors (Lipinski definition) is 3. The third-order valence-corrected chi connectivity index (χ3v) is 5.82. The molecule has 0 amide bonds. The monoisotopic (exact) mass is 402 g/mol. The molecule has 0 aliphatic rings.